The number of thiophene rings is 1. The van der Waals surface area contributed by atoms with Gasteiger partial charge in [0.25, 0.3) is 0 Å². The van der Waals surface area contributed by atoms with Crippen LogP contribution in [-0.4, -0.2) is 26.4 Å². The van der Waals surface area contributed by atoms with Gasteiger partial charge in [0.05, 0.1) is 19.8 Å². The Morgan fingerprint density at radius 1 is 1.22 bits per heavy atom. The van der Waals surface area contributed by atoms with Crippen LogP contribution >= 0.6 is 29.5 Å². The predicted octanol–water partition coefficient (Wildman–Crippen LogP) is 5.89. The summed E-state index contributed by atoms with van der Waals surface area (Å²) in [4.78, 5) is 1.32. The van der Waals surface area contributed by atoms with Crippen molar-refractivity contribution >= 4 is 29.5 Å². The molecule has 8 heteroatoms. The number of hydrogen-bond acceptors (Lipinski definition) is 4. The molecule has 0 radical (unpaired) electrons. The van der Waals surface area contributed by atoms with Crippen molar-refractivity contribution in [2.24, 2.45) is 0 Å². The maximum Gasteiger partial charge on any atom is -0.0561 e. The minimum Gasteiger partial charge on any atom is -0.656 e. The van der Waals surface area contributed by atoms with Gasteiger partial charge in [0.1, 0.15) is 0 Å². The molecule has 0 amide bonds. The van der Waals surface area contributed by atoms with Crippen LogP contribution in [0.2, 0.25) is 0 Å². The number of nitrogens with zero attached hydrogens (tertiary/aromatic N) is 1. The fourth-order valence-electron chi connectivity index (χ4n) is 1.91. The number of rotatable bonds is 7. The van der Waals surface area contributed by atoms with Crippen molar-refractivity contribution in [2.45, 2.75) is 46.1 Å². The summed E-state index contributed by atoms with van der Waals surface area (Å²) in [6.45, 7) is 8.83. The van der Waals surface area contributed by atoms with Crippen LogP contribution in [0, 0.1) is 6.07 Å². The molecule has 1 aliphatic rings. The molecule has 0 aromatic carbocycles. The zero-order chi connectivity index (χ0) is 17.3. The first-order chi connectivity index (χ1) is 11.3. The average molecular weight is 560 g/mol. The van der Waals surface area contributed by atoms with E-state index in [0.717, 1.165) is 6.54 Å². The van der Waals surface area contributed by atoms with Crippen molar-refractivity contribution in [2.75, 3.05) is 26.4 Å². The summed E-state index contributed by atoms with van der Waals surface area (Å²) in [6, 6.07) is 5.70. The Balaban J connectivity index is 0.000000383. The predicted molar refractivity (Wildman–Crippen MR) is 97.0 cm³/mol. The first kappa shape index (κ1) is 23.9. The fourth-order valence-corrected chi connectivity index (χ4v) is 3.64. The smallest absolute Gasteiger partial charge is 0.0561 e. The quantitative estimate of drug-likeness (QED) is 0.309. The van der Waals surface area contributed by atoms with E-state index in [4.69, 9.17) is 13.6 Å². The van der Waals surface area contributed by atoms with Crippen LogP contribution in [0.3, 0.4) is 0 Å². The Morgan fingerprint density at radius 2 is 1.83 bits per heavy atom. The Hall–Kier alpha value is 0.909. The average Bonchev–Trinajstić information content (AvgIpc) is 3.14. The van der Waals surface area contributed by atoms with Crippen LogP contribution < -0.4 is 0 Å². The molecule has 136 valence electrons. The molecule has 4 nitrogen and oxygen atoms in total. The monoisotopic (exact) mass is 560 g/mol. The van der Waals surface area contributed by atoms with Crippen LogP contribution in [0.15, 0.2) is 11.4 Å². The summed E-state index contributed by atoms with van der Waals surface area (Å²) in [5.74, 6) is 0. The third kappa shape index (κ3) is 12.0. The van der Waals surface area contributed by atoms with Crippen molar-refractivity contribution in [1.82, 2.24) is 0 Å². The number of hydrogen-bond donors (Lipinski definition) is 0. The Labute approximate surface area is 160 Å². The van der Waals surface area contributed by atoms with Gasteiger partial charge in [-0.15, -0.1) is 17.5 Å². The second kappa shape index (κ2) is 17.7. The first-order valence-electron chi connectivity index (χ1n) is 7.81. The third-order valence-electron chi connectivity index (χ3n) is 2.81. The SMILES string of the molecule is CCO[PH+](OCC)OCC.[Cl][Ir+2].[c-]1ccsc1C1CCCC[N-]1. The third-order valence-corrected chi connectivity index (χ3v) is 5.30. The molecule has 1 aromatic heterocycles. The summed E-state index contributed by atoms with van der Waals surface area (Å²) in [5.41, 5.74) is 0. The molecule has 1 unspecified atom stereocenters. The van der Waals surface area contributed by atoms with Crippen molar-refractivity contribution in [3.05, 3.63) is 27.7 Å². The first-order valence-corrected chi connectivity index (χ1v) is 12.9. The standard InChI is InChI=1S/C9H11NS.C6H16O3P.ClH.Ir/c1-2-6-10-8(4-1)9-5-3-7-11-9;1-4-7-10(8-5-2)9-6-3;;/h3,7-8H,1-2,4,6H2;10H,4-6H2,1-3H3;1H;/q-2;+1;;+3/p-1. The van der Waals surface area contributed by atoms with Crippen molar-refractivity contribution in [3.63, 3.8) is 0 Å². The van der Waals surface area contributed by atoms with Crippen LogP contribution in [0.5, 0.6) is 0 Å². The Kier molecular flexibility index (Phi) is 18.4. The normalized spacial score (nSPS) is 17.0. The van der Waals surface area contributed by atoms with Gasteiger partial charge in [-0.25, -0.2) is 12.1 Å². The fraction of sp³-hybridized carbons (Fsp3) is 0.733. The summed E-state index contributed by atoms with van der Waals surface area (Å²) in [7, 11) is 3.24. The topological polar surface area (TPSA) is 41.8 Å². The largest absolute Gasteiger partial charge is 0.656 e. The van der Waals surface area contributed by atoms with Crippen LogP contribution in [0.4, 0.5) is 0 Å². The molecule has 1 fully saturated rings. The van der Waals surface area contributed by atoms with Gasteiger partial charge in [-0.3, -0.25) is 11.3 Å². The summed E-state index contributed by atoms with van der Waals surface area (Å²) >= 11 is 3.25. The molecule has 1 atom stereocenters. The maximum absolute atomic E-state index is 5.18. The molecule has 0 bridgehead atoms. The minimum absolute atomic E-state index is 0.476. The Morgan fingerprint density at radius 3 is 2.22 bits per heavy atom. The number of piperidine rings is 1. The summed E-state index contributed by atoms with van der Waals surface area (Å²) in [5, 5.41) is 6.63. The second-order valence-corrected chi connectivity index (χ2v) is 6.71. The molecule has 1 aliphatic heterocycles. The summed E-state index contributed by atoms with van der Waals surface area (Å²) in [6.07, 6.45) is 3.85. The molecule has 0 N–H and O–H groups in total. The van der Waals surface area contributed by atoms with Crippen LogP contribution in [0.25, 0.3) is 5.32 Å². The molecular formula is C15H27ClIrNO3PS+. The van der Waals surface area contributed by atoms with Gasteiger partial charge in [-0.1, -0.05) is 19.3 Å². The van der Waals surface area contributed by atoms with Crippen molar-refractivity contribution < 1.29 is 31.5 Å². The van der Waals surface area contributed by atoms with E-state index in [-0.39, 0.29) is 0 Å². The van der Waals surface area contributed by atoms with Crippen LogP contribution in [-0.2, 0) is 31.5 Å². The van der Waals surface area contributed by atoms with E-state index in [2.05, 4.69) is 26.3 Å². The van der Waals surface area contributed by atoms with E-state index >= 15 is 0 Å². The molecule has 0 aliphatic carbocycles. The van der Waals surface area contributed by atoms with Crippen molar-refractivity contribution in [1.29, 1.82) is 0 Å². The van der Waals surface area contributed by atoms with E-state index in [1.165, 1.54) is 42.0 Å². The van der Waals surface area contributed by atoms with E-state index < -0.39 is 8.60 Å². The van der Waals surface area contributed by atoms with Gasteiger partial charge in [-0.05, 0) is 20.8 Å². The van der Waals surface area contributed by atoms with Gasteiger partial charge >= 0.3 is 36.1 Å². The van der Waals surface area contributed by atoms with Crippen molar-refractivity contribution in [3.8, 4) is 0 Å². The Bertz CT molecular complexity index is 329. The molecule has 0 saturated carbocycles. The summed E-state index contributed by atoms with van der Waals surface area (Å²) < 4.78 is 15.5. The van der Waals surface area contributed by atoms with Gasteiger partial charge < -0.3 is 5.32 Å². The molecule has 2 heterocycles. The molecule has 0 spiro atoms. The van der Waals surface area contributed by atoms with E-state index in [1.807, 2.05) is 26.8 Å². The zero-order valence-electron chi connectivity index (χ0n) is 14.0. The second-order valence-electron chi connectivity index (χ2n) is 4.40. The maximum atomic E-state index is 5.18. The minimum atomic E-state index is -1.40. The molecule has 1 saturated heterocycles. The van der Waals surface area contributed by atoms with E-state index in [9.17, 15) is 0 Å². The van der Waals surface area contributed by atoms with Gasteiger partial charge in [0, 0.05) is 0 Å². The zero-order valence-corrected chi connectivity index (χ0v) is 18.9. The van der Waals surface area contributed by atoms with E-state index in [0.29, 0.717) is 25.9 Å². The molecule has 1 aromatic rings. The molecule has 2 rings (SSSR count). The molecule has 23 heavy (non-hydrogen) atoms. The van der Waals surface area contributed by atoms with Gasteiger partial charge in [0.2, 0.25) is 0 Å². The number of halogens is 1. The van der Waals surface area contributed by atoms with Gasteiger partial charge in [0.15, 0.2) is 0 Å². The van der Waals surface area contributed by atoms with Crippen LogP contribution in [0.1, 0.15) is 51.0 Å². The molecular weight excluding hydrogens is 533 g/mol. The van der Waals surface area contributed by atoms with Gasteiger partial charge in [-0.2, -0.15) is 19.0 Å². The van der Waals surface area contributed by atoms with E-state index in [1.54, 1.807) is 11.3 Å².